The molecule has 6 nitrogen and oxygen atoms in total. The Bertz CT molecular complexity index is 920. The Morgan fingerprint density at radius 1 is 1.18 bits per heavy atom. The Morgan fingerprint density at radius 3 is 2.57 bits per heavy atom. The van der Waals surface area contributed by atoms with Crippen LogP contribution in [0.4, 0.5) is 5.69 Å². The number of nitrogens with zero attached hydrogens (tertiary/aromatic N) is 1. The second kappa shape index (κ2) is 10.2. The number of ether oxygens (including phenoxy) is 2. The lowest BCUT2D eigenvalue weighted by atomic mass is 10.1. The summed E-state index contributed by atoms with van der Waals surface area (Å²) in [4.78, 5) is 12.2. The Hall–Kier alpha value is -3.17. The van der Waals surface area contributed by atoms with Gasteiger partial charge in [-0.05, 0) is 48.7 Å². The molecule has 2 aromatic carbocycles. The van der Waals surface area contributed by atoms with E-state index in [0.717, 1.165) is 11.1 Å². The number of nitriles is 1. The van der Waals surface area contributed by atoms with E-state index in [1.54, 1.807) is 20.3 Å². The van der Waals surface area contributed by atoms with Crippen LogP contribution in [0.2, 0.25) is 5.02 Å². The van der Waals surface area contributed by atoms with Gasteiger partial charge in [0.15, 0.2) is 11.5 Å². The molecule has 0 saturated heterocycles. The van der Waals surface area contributed by atoms with Crippen molar-refractivity contribution in [3.8, 4) is 17.6 Å². The third kappa shape index (κ3) is 5.66. The average Bonchev–Trinajstić information content (AvgIpc) is 2.70. The van der Waals surface area contributed by atoms with E-state index in [-0.39, 0.29) is 5.57 Å². The highest BCUT2D eigenvalue weighted by Gasteiger charge is 2.09. The number of carbonyl (C=O) groups is 1. The molecule has 1 amide bonds. The summed E-state index contributed by atoms with van der Waals surface area (Å²) in [5.74, 6) is 0.825. The molecule has 0 aliphatic heterocycles. The monoisotopic (exact) mass is 399 g/mol. The first kappa shape index (κ1) is 21.1. The zero-order chi connectivity index (χ0) is 20.5. The Morgan fingerprint density at radius 2 is 1.93 bits per heavy atom. The van der Waals surface area contributed by atoms with E-state index >= 15 is 0 Å². The molecule has 0 atom stereocenters. The van der Waals surface area contributed by atoms with Crippen LogP contribution >= 0.6 is 11.6 Å². The first-order chi connectivity index (χ1) is 13.5. The minimum Gasteiger partial charge on any atom is -0.493 e. The maximum Gasteiger partial charge on any atom is 0.263 e. The van der Waals surface area contributed by atoms with E-state index in [4.69, 9.17) is 21.1 Å². The Labute approximate surface area is 169 Å². The zero-order valence-electron chi connectivity index (χ0n) is 16.0. The maximum atomic E-state index is 12.2. The van der Waals surface area contributed by atoms with Gasteiger partial charge in [-0.25, -0.2) is 0 Å². The third-order valence-corrected chi connectivity index (χ3v) is 4.47. The Kier molecular flexibility index (Phi) is 7.73. The SMILES string of the molecule is COc1ccc(CCNC(=O)/C(C#N)=C\Nc2ccc(C)c(Cl)c2)cc1OC. The van der Waals surface area contributed by atoms with E-state index < -0.39 is 5.91 Å². The fourth-order valence-corrected chi connectivity index (χ4v) is 2.62. The first-order valence-corrected chi connectivity index (χ1v) is 8.98. The summed E-state index contributed by atoms with van der Waals surface area (Å²) in [6.07, 6.45) is 1.96. The van der Waals surface area contributed by atoms with Crippen LogP contribution in [0.3, 0.4) is 0 Å². The number of hydrogen-bond donors (Lipinski definition) is 2. The number of methoxy groups -OCH3 is 2. The van der Waals surface area contributed by atoms with Crippen molar-refractivity contribution >= 4 is 23.2 Å². The lowest BCUT2D eigenvalue weighted by molar-refractivity contribution is -0.117. The summed E-state index contributed by atoms with van der Waals surface area (Å²) >= 11 is 6.07. The predicted octanol–water partition coefficient (Wildman–Crippen LogP) is 3.84. The summed E-state index contributed by atoms with van der Waals surface area (Å²) in [6, 6.07) is 12.9. The van der Waals surface area contributed by atoms with Crippen molar-refractivity contribution < 1.29 is 14.3 Å². The van der Waals surface area contributed by atoms with Crippen LogP contribution in [0.1, 0.15) is 11.1 Å². The molecule has 2 rings (SSSR count). The van der Waals surface area contributed by atoms with Crippen molar-refractivity contribution in [2.24, 2.45) is 0 Å². The molecular formula is C21H22ClN3O3. The standard InChI is InChI=1S/C21H22ClN3O3/c1-14-4-6-17(11-18(14)22)25-13-16(12-23)21(26)24-9-8-15-5-7-19(27-2)20(10-15)28-3/h4-7,10-11,13,25H,8-9H2,1-3H3,(H,24,26)/b16-13-. The molecule has 0 aliphatic carbocycles. The molecule has 28 heavy (non-hydrogen) atoms. The quantitative estimate of drug-likeness (QED) is 0.520. The molecule has 0 fully saturated rings. The summed E-state index contributed by atoms with van der Waals surface area (Å²) in [6.45, 7) is 2.28. The van der Waals surface area contributed by atoms with E-state index in [1.807, 2.05) is 43.3 Å². The number of rotatable bonds is 8. The van der Waals surface area contributed by atoms with Crippen LogP contribution in [0.15, 0.2) is 48.2 Å². The van der Waals surface area contributed by atoms with Gasteiger partial charge in [-0.15, -0.1) is 0 Å². The molecule has 0 spiro atoms. The highest BCUT2D eigenvalue weighted by molar-refractivity contribution is 6.31. The lowest BCUT2D eigenvalue weighted by Gasteiger charge is -2.10. The molecule has 7 heteroatoms. The third-order valence-electron chi connectivity index (χ3n) is 4.07. The minimum absolute atomic E-state index is 0.0241. The number of nitrogens with one attached hydrogen (secondary N) is 2. The van der Waals surface area contributed by atoms with Crippen molar-refractivity contribution in [2.75, 3.05) is 26.1 Å². The molecule has 0 aliphatic rings. The van der Waals surface area contributed by atoms with Crippen molar-refractivity contribution in [3.05, 3.63) is 64.3 Å². The van der Waals surface area contributed by atoms with Gasteiger partial charge in [-0.1, -0.05) is 23.7 Å². The van der Waals surface area contributed by atoms with Crippen molar-refractivity contribution in [2.45, 2.75) is 13.3 Å². The largest absolute Gasteiger partial charge is 0.493 e. The van der Waals surface area contributed by atoms with Crippen LogP contribution in [0.25, 0.3) is 0 Å². The van der Waals surface area contributed by atoms with Gasteiger partial charge in [0.1, 0.15) is 11.6 Å². The van der Waals surface area contributed by atoms with Gasteiger partial charge in [0.05, 0.1) is 14.2 Å². The molecule has 2 N–H and O–H groups in total. The van der Waals surface area contributed by atoms with Gasteiger partial charge >= 0.3 is 0 Å². The van der Waals surface area contributed by atoms with Crippen molar-refractivity contribution in [1.29, 1.82) is 5.26 Å². The zero-order valence-corrected chi connectivity index (χ0v) is 16.8. The number of benzene rings is 2. The van der Waals surface area contributed by atoms with Crippen LogP contribution in [0, 0.1) is 18.3 Å². The van der Waals surface area contributed by atoms with E-state index in [2.05, 4.69) is 10.6 Å². The molecule has 0 saturated carbocycles. The highest BCUT2D eigenvalue weighted by Crippen LogP contribution is 2.27. The summed E-state index contributed by atoms with van der Waals surface area (Å²) < 4.78 is 10.5. The van der Waals surface area contributed by atoms with Gasteiger partial charge < -0.3 is 20.1 Å². The lowest BCUT2D eigenvalue weighted by Crippen LogP contribution is -2.27. The minimum atomic E-state index is -0.450. The summed E-state index contributed by atoms with van der Waals surface area (Å²) in [5.41, 5.74) is 2.60. The van der Waals surface area contributed by atoms with Gasteiger partial charge in [0.2, 0.25) is 0 Å². The number of amides is 1. The van der Waals surface area contributed by atoms with E-state index in [0.29, 0.717) is 35.2 Å². The number of halogens is 1. The van der Waals surface area contributed by atoms with Crippen LogP contribution in [-0.2, 0) is 11.2 Å². The number of carbonyl (C=O) groups excluding carboxylic acids is 1. The molecule has 0 aromatic heterocycles. The van der Waals surface area contributed by atoms with Gasteiger partial charge in [0, 0.05) is 23.5 Å². The van der Waals surface area contributed by atoms with Crippen LogP contribution < -0.4 is 20.1 Å². The number of anilines is 1. The van der Waals surface area contributed by atoms with Crippen LogP contribution in [0.5, 0.6) is 11.5 Å². The molecule has 146 valence electrons. The predicted molar refractivity (Wildman–Crippen MR) is 110 cm³/mol. The van der Waals surface area contributed by atoms with Crippen molar-refractivity contribution in [3.63, 3.8) is 0 Å². The van der Waals surface area contributed by atoms with Gasteiger partial charge in [-0.3, -0.25) is 4.79 Å². The van der Waals surface area contributed by atoms with E-state index in [9.17, 15) is 10.1 Å². The topological polar surface area (TPSA) is 83.4 Å². The second-order valence-electron chi connectivity index (χ2n) is 5.97. The normalized spacial score (nSPS) is 10.8. The molecule has 0 bridgehead atoms. The van der Waals surface area contributed by atoms with Crippen LogP contribution in [-0.4, -0.2) is 26.7 Å². The van der Waals surface area contributed by atoms with E-state index in [1.165, 1.54) is 6.20 Å². The highest BCUT2D eigenvalue weighted by atomic mass is 35.5. The maximum absolute atomic E-state index is 12.2. The van der Waals surface area contributed by atoms with Crippen molar-refractivity contribution in [1.82, 2.24) is 5.32 Å². The smallest absolute Gasteiger partial charge is 0.263 e. The molecule has 0 heterocycles. The average molecular weight is 400 g/mol. The summed E-state index contributed by atoms with van der Waals surface area (Å²) in [7, 11) is 3.15. The number of hydrogen-bond acceptors (Lipinski definition) is 5. The molecular weight excluding hydrogens is 378 g/mol. The number of aryl methyl sites for hydroxylation is 1. The first-order valence-electron chi connectivity index (χ1n) is 8.60. The molecule has 0 radical (unpaired) electrons. The van der Waals surface area contributed by atoms with Gasteiger partial charge in [0.25, 0.3) is 5.91 Å². The summed E-state index contributed by atoms with van der Waals surface area (Å²) in [5, 5.41) is 15.5. The fourth-order valence-electron chi connectivity index (χ4n) is 2.44. The van der Waals surface area contributed by atoms with Gasteiger partial charge in [-0.2, -0.15) is 5.26 Å². The Balaban J connectivity index is 1.93. The second-order valence-corrected chi connectivity index (χ2v) is 6.38. The fraction of sp³-hybridized carbons (Fsp3) is 0.238. The molecule has 2 aromatic rings. The molecule has 0 unspecified atom stereocenters.